The molecule has 1 aliphatic heterocycles. The maximum absolute atomic E-state index is 5.91. The van der Waals surface area contributed by atoms with E-state index in [-0.39, 0.29) is 24.0 Å². The molecule has 3 rings (SSSR count). The van der Waals surface area contributed by atoms with E-state index < -0.39 is 0 Å². The highest BCUT2D eigenvalue weighted by Crippen LogP contribution is 2.18. The number of aliphatic imine (C=N–C) groups is 1. The van der Waals surface area contributed by atoms with Crippen LogP contribution in [0.5, 0.6) is 0 Å². The maximum atomic E-state index is 5.91. The standard InChI is InChI=1S/C20H27ClN6O.HI/c1-3-12-27-13-9-17(10-14-27)24-20(22-2)23-11-8-18-25-19(26-28-18)15-4-6-16(21)7-5-15;/h3-7,17H,1,8-14H2,2H3,(H2,22,23,24);1H. The molecule has 7 nitrogen and oxygen atoms in total. The zero-order valence-corrected chi connectivity index (χ0v) is 19.7. The Kier molecular flexibility index (Phi) is 9.89. The second-order valence-corrected chi connectivity index (χ2v) is 7.21. The first kappa shape index (κ1) is 23.6. The second kappa shape index (κ2) is 12.1. The Morgan fingerprint density at radius 3 is 2.72 bits per heavy atom. The van der Waals surface area contributed by atoms with E-state index in [0.29, 0.717) is 35.7 Å². The van der Waals surface area contributed by atoms with Gasteiger partial charge in [-0.3, -0.25) is 9.89 Å². The predicted molar refractivity (Wildman–Crippen MR) is 128 cm³/mol. The lowest BCUT2D eigenvalue weighted by atomic mass is 10.1. The molecule has 0 bridgehead atoms. The molecule has 1 saturated heterocycles. The Morgan fingerprint density at radius 2 is 2.07 bits per heavy atom. The van der Waals surface area contributed by atoms with E-state index >= 15 is 0 Å². The van der Waals surface area contributed by atoms with Crippen molar-refractivity contribution in [2.24, 2.45) is 4.99 Å². The Hall–Kier alpha value is -1.65. The largest absolute Gasteiger partial charge is 0.356 e. The van der Waals surface area contributed by atoms with Crippen molar-refractivity contribution in [3.05, 3.63) is 47.8 Å². The number of nitrogens with one attached hydrogen (secondary N) is 2. The van der Waals surface area contributed by atoms with Crippen LogP contribution in [0, 0.1) is 0 Å². The van der Waals surface area contributed by atoms with Crippen LogP contribution in [0.2, 0.25) is 5.02 Å². The SMILES string of the molecule is C=CCN1CCC(NC(=NC)NCCc2nc(-c3ccc(Cl)cc3)no2)CC1.I. The molecule has 0 atom stereocenters. The summed E-state index contributed by atoms with van der Waals surface area (Å²) in [4.78, 5) is 11.2. The lowest BCUT2D eigenvalue weighted by Crippen LogP contribution is -2.49. The van der Waals surface area contributed by atoms with E-state index in [0.717, 1.165) is 44.0 Å². The first-order valence-corrected chi connectivity index (χ1v) is 9.94. The van der Waals surface area contributed by atoms with Gasteiger partial charge in [0.15, 0.2) is 5.96 Å². The Morgan fingerprint density at radius 1 is 1.34 bits per heavy atom. The molecule has 29 heavy (non-hydrogen) atoms. The van der Waals surface area contributed by atoms with Crippen molar-refractivity contribution in [2.45, 2.75) is 25.3 Å². The summed E-state index contributed by atoms with van der Waals surface area (Å²) in [5.74, 6) is 1.96. The van der Waals surface area contributed by atoms with Crippen LogP contribution >= 0.6 is 35.6 Å². The average molecular weight is 531 g/mol. The summed E-state index contributed by atoms with van der Waals surface area (Å²) in [6.07, 6.45) is 4.79. The number of piperidine rings is 1. The highest BCUT2D eigenvalue weighted by molar-refractivity contribution is 14.0. The monoisotopic (exact) mass is 530 g/mol. The summed E-state index contributed by atoms with van der Waals surface area (Å²) >= 11 is 5.91. The van der Waals surface area contributed by atoms with Gasteiger partial charge in [-0.25, -0.2) is 0 Å². The van der Waals surface area contributed by atoms with Gasteiger partial charge in [-0.05, 0) is 37.1 Å². The van der Waals surface area contributed by atoms with E-state index in [4.69, 9.17) is 16.1 Å². The minimum atomic E-state index is 0. The molecule has 0 spiro atoms. The number of rotatable bonds is 7. The number of likely N-dealkylation sites (tertiary alicyclic amines) is 1. The molecule has 158 valence electrons. The quantitative estimate of drug-likeness (QED) is 0.247. The molecule has 1 aromatic heterocycles. The highest BCUT2D eigenvalue weighted by atomic mass is 127. The summed E-state index contributed by atoms with van der Waals surface area (Å²) in [6.45, 7) is 7.59. The van der Waals surface area contributed by atoms with Crippen LogP contribution in [-0.2, 0) is 6.42 Å². The van der Waals surface area contributed by atoms with Gasteiger partial charge in [0.25, 0.3) is 0 Å². The lowest BCUT2D eigenvalue weighted by molar-refractivity contribution is 0.225. The summed E-state index contributed by atoms with van der Waals surface area (Å²) in [5.41, 5.74) is 0.882. The normalized spacial score (nSPS) is 15.6. The zero-order chi connectivity index (χ0) is 19.8. The van der Waals surface area contributed by atoms with Crippen molar-refractivity contribution in [1.29, 1.82) is 0 Å². The average Bonchev–Trinajstić information content (AvgIpc) is 3.18. The van der Waals surface area contributed by atoms with Crippen LogP contribution in [0.4, 0.5) is 0 Å². The van der Waals surface area contributed by atoms with Gasteiger partial charge >= 0.3 is 0 Å². The summed E-state index contributed by atoms with van der Waals surface area (Å²) < 4.78 is 5.34. The Balaban J connectivity index is 0.00000300. The third kappa shape index (κ3) is 7.27. The zero-order valence-electron chi connectivity index (χ0n) is 16.6. The van der Waals surface area contributed by atoms with Crippen molar-refractivity contribution in [3.63, 3.8) is 0 Å². The fourth-order valence-electron chi connectivity index (χ4n) is 3.19. The van der Waals surface area contributed by atoms with Crippen LogP contribution in [-0.4, -0.2) is 60.3 Å². The van der Waals surface area contributed by atoms with Crippen molar-refractivity contribution >= 4 is 41.5 Å². The molecule has 0 radical (unpaired) electrons. The van der Waals surface area contributed by atoms with E-state index in [1.54, 1.807) is 7.05 Å². The fraction of sp³-hybridized carbons (Fsp3) is 0.450. The molecule has 0 unspecified atom stereocenters. The molecule has 1 aromatic carbocycles. The molecule has 2 aromatic rings. The van der Waals surface area contributed by atoms with Crippen molar-refractivity contribution in [2.75, 3.05) is 33.2 Å². The fourth-order valence-corrected chi connectivity index (χ4v) is 3.32. The number of hydrogen-bond acceptors (Lipinski definition) is 5. The number of nitrogens with zero attached hydrogens (tertiary/aromatic N) is 4. The number of benzene rings is 1. The molecule has 0 aliphatic carbocycles. The van der Waals surface area contributed by atoms with Crippen LogP contribution < -0.4 is 10.6 Å². The van der Waals surface area contributed by atoms with Crippen LogP contribution in [0.3, 0.4) is 0 Å². The number of aromatic nitrogens is 2. The molecule has 1 aliphatic rings. The van der Waals surface area contributed by atoms with Gasteiger partial charge in [0, 0.05) is 56.3 Å². The van der Waals surface area contributed by atoms with E-state index in [9.17, 15) is 0 Å². The summed E-state index contributed by atoms with van der Waals surface area (Å²) in [6, 6.07) is 7.81. The number of hydrogen-bond donors (Lipinski definition) is 2. The van der Waals surface area contributed by atoms with Crippen molar-refractivity contribution < 1.29 is 4.52 Å². The molecule has 0 saturated carbocycles. The van der Waals surface area contributed by atoms with Gasteiger partial charge in [0.05, 0.1) is 0 Å². The van der Waals surface area contributed by atoms with E-state index in [2.05, 4.69) is 37.2 Å². The summed E-state index contributed by atoms with van der Waals surface area (Å²) in [5, 5.41) is 11.5. The Labute approximate surface area is 194 Å². The van der Waals surface area contributed by atoms with E-state index in [1.807, 2.05) is 30.3 Å². The van der Waals surface area contributed by atoms with Gasteiger partial charge in [0.2, 0.25) is 11.7 Å². The topological polar surface area (TPSA) is 78.6 Å². The van der Waals surface area contributed by atoms with Gasteiger partial charge in [0.1, 0.15) is 0 Å². The van der Waals surface area contributed by atoms with Gasteiger partial charge < -0.3 is 15.2 Å². The third-order valence-electron chi connectivity index (χ3n) is 4.74. The van der Waals surface area contributed by atoms with Gasteiger partial charge in [-0.2, -0.15) is 4.98 Å². The number of guanidine groups is 1. The minimum absolute atomic E-state index is 0. The minimum Gasteiger partial charge on any atom is -0.356 e. The lowest BCUT2D eigenvalue weighted by Gasteiger charge is -2.32. The van der Waals surface area contributed by atoms with Crippen molar-refractivity contribution in [3.8, 4) is 11.4 Å². The van der Waals surface area contributed by atoms with Crippen LogP contribution in [0.15, 0.2) is 46.4 Å². The van der Waals surface area contributed by atoms with E-state index in [1.165, 1.54) is 0 Å². The molecule has 9 heteroatoms. The Bertz CT molecular complexity index is 787. The maximum Gasteiger partial charge on any atom is 0.228 e. The molecule has 0 amide bonds. The molecular formula is C20H28ClIN6O. The molecule has 2 N–H and O–H groups in total. The molecule has 2 heterocycles. The summed E-state index contributed by atoms with van der Waals surface area (Å²) in [7, 11) is 1.79. The van der Waals surface area contributed by atoms with Crippen LogP contribution in [0.1, 0.15) is 18.7 Å². The van der Waals surface area contributed by atoms with Crippen molar-refractivity contribution in [1.82, 2.24) is 25.7 Å². The third-order valence-corrected chi connectivity index (χ3v) is 4.99. The van der Waals surface area contributed by atoms with Gasteiger partial charge in [-0.15, -0.1) is 30.6 Å². The second-order valence-electron chi connectivity index (χ2n) is 6.78. The highest BCUT2D eigenvalue weighted by Gasteiger charge is 2.19. The molecular weight excluding hydrogens is 503 g/mol. The first-order chi connectivity index (χ1) is 13.7. The van der Waals surface area contributed by atoms with Gasteiger partial charge in [-0.1, -0.05) is 22.8 Å². The number of halogens is 2. The smallest absolute Gasteiger partial charge is 0.228 e. The van der Waals surface area contributed by atoms with Crippen LogP contribution in [0.25, 0.3) is 11.4 Å². The first-order valence-electron chi connectivity index (χ1n) is 9.57. The predicted octanol–water partition coefficient (Wildman–Crippen LogP) is 3.37. The molecule has 1 fully saturated rings.